The van der Waals surface area contributed by atoms with Crippen molar-refractivity contribution in [2.24, 2.45) is 5.92 Å². The van der Waals surface area contributed by atoms with Gasteiger partial charge in [-0.05, 0) is 42.5 Å². The van der Waals surface area contributed by atoms with Crippen molar-refractivity contribution in [3.05, 3.63) is 54.1 Å². The predicted octanol–water partition coefficient (Wildman–Crippen LogP) is 4.70. The number of nitrogens with one attached hydrogen (secondary N) is 1. The highest BCUT2D eigenvalue weighted by atomic mass is 32.2. The number of ether oxygens (including phenoxy) is 1. The maximum atomic E-state index is 12.4. The van der Waals surface area contributed by atoms with E-state index in [2.05, 4.69) is 19.2 Å². The Bertz CT molecular complexity index is 640. The molecule has 4 heteroatoms. The van der Waals surface area contributed by atoms with Crippen molar-refractivity contribution in [2.75, 3.05) is 18.2 Å². The number of benzene rings is 2. The van der Waals surface area contributed by atoms with Gasteiger partial charge in [-0.1, -0.05) is 32.0 Å². The molecule has 0 saturated carbocycles. The number of hydrogen-bond acceptors (Lipinski definition) is 3. The standard InChI is InChI=1S/C18H21NO2S/c1-13(2)12-21-15-8-6-7-14(11-15)18(20)19-16-9-4-5-10-17(16)22-3/h4-11,13H,12H2,1-3H3,(H,19,20). The number of para-hydroxylation sites is 1. The van der Waals surface area contributed by atoms with E-state index in [9.17, 15) is 4.79 Å². The largest absolute Gasteiger partial charge is 0.493 e. The number of thioether (sulfide) groups is 1. The van der Waals surface area contributed by atoms with E-state index in [4.69, 9.17) is 4.74 Å². The van der Waals surface area contributed by atoms with Crippen LogP contribution in [0.1, 0.15) is 24.2 Å². The van der Waals surface area contributed by atoms with Gasteiger partial charge >= 0.3 is 0 Å². The van der Waals surface area contributed by atoms with E-state index >= 15 is 0 Å². The molecular weight excluding hydrogens is 294 g/mol. The maximum absolute atomic E-state index is 12.4. The SMILES string of the molecule is CSc1ccccc1NC(=O)c1cccc(OCC(C)C)c1. The summed E-state index contributed by atoms with van der Waals surface area (Å²) in [6, 6.07) is 15.0. The Labute approximate surface area is 136 Å². The molecule has 22 heavy (non-hydrogen) atoms. The van der Waals surface area contributed by atoms with Gasteiger partial charge in [0.15, 0.2) is 0 Å². The molecule has 0 aliphatic rings. The third kappa shape index (κ3) is 4.53. The van der Waals surface area contributed by atoms with Crippen LogP contribution in [0, 0.1) is 5.92 Å². The third-order valence-corrected chi connectivity index (χ3v) is 3.83. The lowest BCUT2D eigenvalue weighted by molar-refractivity contribution is 0.102. The van der Waals surface area contributed by atoms with Gasteiger partial charge in [-0.15, -0.1) is 11.8 Å². The molecule has 3 nitrogen and oxygen atoms in total. The van der Waals surface area contributed by atoms with Crippen molar-refractivity contribution in [3.63, 3.8) is 0 Å². The molecule has 1 N–H and O–H groups in total. The minimum Gasteiger partial charge on any atom is -0.493 e. The van der Waals surface area contributed by atoms with Crippen LogP contribution >= 0.6 is 11.8 Å². The summed E-state index contributed by atoms with van der Waals surface area (Å²) in [6.45, 7) is 4.83. The maximum Gasteiger partial charge on any atom is 0.255 e. The Morgan fingerprint density at radius 1 is 1.18 bits per heavy atom. The smallest absolute Gasteiger partial charge is 0.255 e. The Kier molecular flexibility index (Phi) is 5.90. The van der Waals surface area contributed by atoms with E-state index in [1.54, 1.807) is 23.9 Å². The van der Waals surface area contributed by atoms with Crippen molar-refractivity contribution in [1.29, 1.82) is 0 Å². The Balaban J connectivity index is 2.11. The molecule has 0 atom stereocenters. The first-order valence-corrected chi connectivity index (χ1v) is 8.50. The fourth-order valence-electron chi connectivity index (χ4n) is 1.93. The molecule has 0 aromatic heterocycles. The summed E-state index contributed by atoms with van der Waals surface area (Å²) in [4.78, 5) is 13.4. The molecule has 0 heterocycles. The van der Waals surface area contributed by atoms with Crippen LogP contribution in [0.15, 0.2) is 53.4 Å². The molecule has 0 spiro atoms. The topological polar surface area (TPSA) is 38.3 Å². The first-order valence-electron chi connectivity index (χ1n) is 7.27. The van der Waals surface area contributed by atoms with E-state index in [0.29, 0.717) is 18.1 Å². The van der Waals surface area contributed by atoms with Crippen molar-refractivity contribution in [3.8, 4) is 5.75 Å². The third-order valence-electron chi connectivity index (χ3n) is 3.03. The highest BCUT2D eigenvalue weighted by molar-refractivity contribution is 7.98. The summed E-state index contributed by atoms with van der Waals surface area (Å²) in [7, 11) is 0. The normalized spacial score (nSPS) is 10.5. The molecule has 0 unspecified atom stereocenters. The van der Waals surface area contributed by atoms with Crippen molar-refractivity contribution in [1.82, 2.24) is 0 Å². The van der Waals surface area contributed by atoms with E-state index in [1.165, 1.54) is 0 Å². The van der Waals surface area contributed by atoms with Crippen LogP contribution in [0.25, 0.3) is 0 Å². The summed E-state index contributed by atoms with van der Waals surface area (Å²) in [6.07, 6.45) is 1.99. The average molecular weight is 315 g/mol. The predicted molar refractivity (Wildman–Crippen MR) is 93.0 cm³/mol. The molecule has 2 aromatic rings. The minimum absolute atomic E-state index is 0.128. The van der Waals surface area contributed by atoms with Gasteiger partial charge in [-0.2, -0.15) is 0 Å². The van der Waals surface area contributed by atoms with Crippen molar-refractivity contribution >= 4 is 23.4 Å². The van der Waals surface area contributed by atoms with E-state index < -0.39 is 0 Å². The summed E-state index contributed by atoms with van der Waals surface area (Å²) in [5.74, 6) is 1.04. The van der Waals surface area contributed by atoms with E-state index in [-0.39, 0.29) is 5.91 Å². The van der Waals surface area contributed by atoms with Crippen molar-refractivity contribution < 1.29 is 9.53 Å². The van der Waals surface area contributed by atoms with Crippen LogP contribution in [-0.4, -0.2) is 18.8 Å². The first kappa shape index (κ1) is 16.4. The molecule has 0 aliphatic heterocycles. The second-order valence-electron chi connectivity index (χ2n) is 5.39. The summed E-state index contributed by atoms with van der Waals surface area (Å²) < 4.78 is 5.67. The lowest BCUT2D eigenvalue weighted by Gasteiger charge is -2.11. The van der Waals surface area contributed by atoms with Gasteiger partial charge < -0.3 is 10.1 Å². The fourth-order valence-corrected chi connectivity index (χ4v) is 2.49. The summed E-state index contributed by atoms with van der Waals surface area (Å²) >= 11 is 1.61. The van der Waals surface area contributed by atoms with E-state index in [1.807, 2.05) is 42.7 Å². The number of carbonyl (C=O) groups excluding carboxylic acids is 1. The molecule has 116 valence electrons. The average Bonchev–Trinajstić information content (AvgIpc) is 2.53. The zero-order chi connectivity index (χ0) is 15.9. The highest BCUT2D eigenvalue weighted by Gasteiger charge is 2.09. The summed E-state index contributed by atoms with van der Waals surface area (Å²) in [5, 5.41) is 2.95. The van der Waals surface area contributed by atoms with Gasteiger partial charge in [0.25, 0.3) is 5.91 Å². The van der Waals surface area contributed by atoms with Crippen LogP contribution in [0.4, 0.5) is 5.69 Å². The zero-order valence-electron chi connectivity index (χ0n) is 13.1. The number of anilines is 1. The monoisotopic (exact) mass is 315 g/mol. The second-order valence-corrected chi connectivity index (χ2v) is 6.24. The van der Waals surface area contributed by atoms with Crippen LogP contribution < -0.4 is 10.1 Å². The van der Waals surface area contributed by atoms with Gasteiger partial charge in [0, 0.05) is 10.5 Å². The molecule has 0 fully saturated rings. The molecule has 0 bridgehead atoms. The van der Waals surface area contributed by atoms with Gasteiger partial charge in [-0.25, -0.2) is 0 Å². The van der Waals surface area contributed by atoms with Crippen LogP contribution in [0.5, 0.6) is 5.75 Å². The van der Waals surface area contributed by atoms with Gasteiger partial charge in [0.05, 0.1) is 12.3 Å². The summed E-state index contributed by atoms with van der Waals surface area (Å²) in [5.41, 5.74) is 1.42. The molecule has 0 saturated heterocycles. The molecule has 0 radical (unpaired) electrons. The molecule has 2 rings (SSSR count). The molecular formula is C18H21NO2S. The van der Waals surface area contributed by atoms with Gasteiger partial charge in [0.1, 0.15) is 5.75 Å². The van der Waals surface area contributed by atoms with Crippen LogP contribution in [0.3, 0.4) is 0 Å². The molecule has 1 amide bonds. The Morgan fingerprint density at radius 3 is 2.68 bits per heavy atom. The lowest BCUT2D eigenvalue weighted by atomic mass is 10.2. The van der Waals surface area contributed by atoms with E-state index in [0.717, 1.165) is 16.3 Å². The number of amides is 1. The quantitative estimate of drug-likeness (QED) is 0.786. The molecule has 2 aromatic carbocycles. The minimum atomic E-state index is -0.128. The van der Waals surface area contributed by atoms with Crippen molar-refractivity contribution in [2.45, 2.75) is 18.7 Å². The van der Waals surface area contributed by atoms with Crippen LogP contribution in [-0.2, 0) is 0 Å². The number of carbonyl (C=O) groups is 1. The number of hydrogen-bond donors (Lipinski definition) is 1. The number of rotatable bonds is 6. The molecule has 0 aliphatic carbocycles. The second kappa shape index (κ2) is 7.90. The fraction of sp³-hybridized carbons (Fsp3) is 0.278. The lowest BCUT2D eigenvalue weighted by Crippen LogP contribution is -2.13. The zero-order valence-corrected chi connectivity index (χ0v) is 13.9. The van der Waals surface area contributed by atoms with Gasteiger partial charge in [-0.3, -0.25) is 4.79 Å². The Morgan fingerprint density at radius 2 is 1.95 bits per heavy atom. The Hall–Kier alpha value is -1.94. The van der Waals surface area contributed by atoms with Crippen LogP contribution in [0.2, 0.25) is 0 Å². The first-order chi connectivity index (χ1) is 10.6. The highest BCUT2D eigenvalue weighted by Crippen LogP contribution is 2.25. The van der Waals surface area contributed by atoms with Gasteiger partial charge in [0.2, 0.25) is 0 Å².